The van der Waals surface area contributed by atoms with E-state index in [4.69, 9.17) is 10.00 Å². The Morgan fingerprint density at radius 2 is 1.88 bits per heavy atom. The van der Waals surface area contributed by atoms with Crippen molar-refractivity contribution in [1.82, 2.24) is 5.43 Å². The smallest absolute Gasteiger partial charge is 0.277 e. The van der Waals surface area contributed by atoms with Crippen LogP contribution < -0.4 is 15.1 Å². The van der Waals surface area contributed by atoms with E-state index < -0.39 is 5.91 Å². The van der Waals surface area contributed by atoms with Crippen molar-refractivity contribution in [3.8, 4) is 11.8 Å². The Balaban J connectivity index is 1.92. The molecule has 6 heteroatoms. The molecule has 0 aromatic heterocycles. The van der Waals surface area contributed by atoms with Gasteiger partial charge in [-0.05, 0) is 36.8 Å². The molecule has 0 bridgehead atoms. The lowest BCUT2D eigenvalue weighted by molar-refractivity contribution is -0.123. The van der Waals surface area contributed by atoms with Crippen molar-refractivity contribution < 1.29 is 9.53 Å². The van der Waals surface area contributed by atoms with Gasteiger partial charge in [0.25, 0.3) is 5.91 Å². The van der Waals surface area contributed by atoms with Crippen LogP contribution >= 0.6 is 0 Å². The van der Waals surface area contributed by atoms with E-state index >= 15 is 0 Å². The summed E-state index contributed by atoms with van der Waals surface area (Å²) >= 11 is 0. The number of ether oxygens (including phenoxy) is 1. The van der Waals surface area contributed by atoms with E-state index in [2.05, 4.69) is 10.5 Å². The first kappa shape index (κ1) is 18.0. The van der Waals surface area contributed by atoms with Crippen LogP contribution in [0.5, 0.6) is 5.75 Å². The summed E-state index contributed by atoms with van der Waals surface area (Å²) in [6, 6.07) is 16.6. The summed E-state index contributed by atoms with van der Waals surface area (Å²) in [5, 5.41) is 13.1. The van der Waals surface area contributed by atoms with Gasteiger partial charge < -0.3 is 9.64 Å². The molecule has 2 aromatic carbocycles. The van der Waals surface area contributed by atoms with Gasteiger partial charge in [-0.1, -0.05) is 24.3 Å². The van der Waals surface area contributed by atoms with Gasteiger partial charge in [0.05, 0.1) is 11.3 Å². The maximum Gasteiger partial charge on any atom is 0.277 e. The minimum Gasteiger partial charge on any atom is -0.482 e. The molecule has 0 heterocycles. The zero-order chi connectivity index (χ0) is 18.2. The van der Waals surface area contributed by atoms with Gasteiger partial charge in [-0.3, -0.25) is 4.79 Å². The van der Waals surface area contributed by atoms with Crippen LogP contribution in [0, 0.1) is 11.3 Å². The van der Waals surface area contributed by atoms with Crippen molar-refractivity contribution in [2.24, 2.45) is 5.10 Å². The normalized spacial score (nSPS) is 10.7. The van der Waals surface area contributed by atoms with Crippen molar-refractivity contribution in [1.29, 1.82) is 5.26 Å². The largest absolute Gasteiger partial charge is 0.482 e. The van der Waals surface area contributed by atoms with Gasteiger partial charge in [-0.15, -0.1) is 0 Å². The second-order valence-electron chi connectivity index (χ2n) is 5.57. The molecular weight excluding hydrogens is 316 g/mol. The summed E-state index contributed by atoms with van der Waals surface area (Å²) in [5.74, 6) is -0.0165. The summed E-state index contributed by atoms with van der Waals surface area (Å²) in [7, 11) is 3.95. The Hall–Kier alpha value is -3.33. The molecule has 128 valence electrons. The minimum absolute atomic E-state index is 0.213. The second kappa shape index (κ2) is 8.50. The number of amides is 1. The number of nitriles is 1. The average Bonchev–Trinajstić information content (AvgIpc) is 2.64. The highest BCUT2D eigenvalue weighted by Crippen LogP contribution is 2.16. The molecule has 2 aromatic rings. The number of rotatable bonds is 6. The molecule has 0 aliphatic carbocycles. The summed E-state index contributed by atoms with van der Waals surface area (Å²) in [6.45, 7) is 1.60. The molecule has 0 aliphatic rings. The average molecular weight is 336 g/mol. The fraction of sp³-hybridized carbons (Fsp3) is 0.211. The molecule has 2 rings (SSSR count). The number of anilines is 1. The van der Waals surface area contributed by atoms with E-state index in [9.17, 15) is 4.79 Å². The predicted molar refractivity (Wildman–Crippen MR) is 97.8 cm³/mol. The zero-order valence-corrected chi connectivity index (χ0v) is 14.5. The molecular formula is C19H20N4O2. The SMILES string of the molecule is C/C(=N/NC(=O)COc1ccccc1C#N)c1ccc(N(C)C)cc1. The van der Waals surface area contributed by atoms with Gasteiger partial charge in [-0.2, -0.15) is 10.4 Å². The number of para-hydroxylation sites is 1. The molecule has 0 fully saturated rings. The first-order valence-electron chi connectivity index (χ1n) is 7.74. The van der Waals surface area contributed by atoms with Crippen LogP contribution in [0.3, 0.4) is 0 Å². The molecule has 0 aliphatic heterocycles. The van der Waals surface area contributed by atoms with Crippen LogP contribution in [0.25, 0.3) is 0 Å². The summed E-state index contributed by atoms with van der Waals surface area (Å²) in [4.78, 5) is 13.9. The Bertz CT molecular complexity index is 805. The molecule has 0 saturated heterocycles. The van der Waals surface area contributed by atoms with Crippen molar-refractivity contribution in [3.05, 3.63) is 59.7 Å². The number of benzene rings is 2. The highest BCUT2D eigenvalue weighted by atomic mass is 16.5. The number of carbonyl (C=O) groups excluding carboxylic acids is 1. The zero-order valence-electron chi connectivity index (χ0n) is 14.5. The standard InChI is InChI=1S/C19H20N4O2/c1-14(15-8-10-17(11-9-15)23(2)3)21-22-19(24)13-25-18-7-5-4-6-16(18)12-20/h4-11H,13H2,1-3H3,(H,22,24)/b21-14-. The molecule has 1 N–H and O–H groups in total. The lowest BCUT2D eigenvalue weighted by Crippen LogP contribution is -2.25. The lowest BCUT2D eigenvalue weighted by atomic mass is 10.1. The highest BCUT2D eigenvalue weighted by Gasteiger charge is 2.06. The summed E-state index contributed by atoms with van der Waals surface area (Å²) in [6.07, 6.45) is 0. The van der Waals surface area contributed by atoms with E-state index in [1.807, 2.05) is 56.3 Å². The van der Waals surface area contributed by atoms with Crippen molar-refractivity contribution in [2.75, 3.05) is 25.6 Å². The molecule has 6 nitrogen and oxygen atoms in total. The van der Waals surface area contributed by atoms with Crippen LogP contribution in [0.15, 0.2) is 53.6 Å². The minimum atomic E-state index is -0.392. The van der Waals surface area contributed by atoms with Gasteiger partial charge in [-0.25, -0.2) is 5.43 Å². The number of hydrazone groups is 1. The summed E-state index contributed by atoms with van der Waals surface area (Å²) in [5.41, 5.74) is 5.54. The van der Waals surface area contributed by atoms with Crippen molar-refractivity contribution in [2.45, 2.75) is 6.92 Å². The fourth-order valence-electron chi connectivity index (χ4n) is 2.07. The number of carbonyl (C=O) groups is 1. The Kier molecular flexibility index (Phi) is 6.13. The number of nitrogens with zero attached hydrogens (tertiary/aromatic N) is 3. The third kappa shape index (κ3) is 5.08. The topological polar surface area (TPSA) is 77.7 Å². The number of hydrogen-bond donors (Lipinski definition) is 1. The third-order valence-electron chi connectivity index (χ3n) is 3.52. The third-order valence-corrected chi connectivity index (χ3v) is 3.52. The molecule has 0 atom stereocenters. The monoisotopic (exact) mass is 336 g/mol. The first-order valence-corrected chi connectivity index (χ1v) is 7.74. The maximum atomic E-state index is 11.9. The number of hydrogen-bond acceptors (Lipinski definition) is 5. The second-order valence-corrected chi connectivity index (χ2v) is 5.57. The van der Waals surface area contributed by atoms with Gasteiger partial charge in [0.2, 0.25) is 0 Å². The van der Waals surface area contributed by atoms with E-state index in [1.165, 1.54) is 0 Å². The Labute approximate surface area is 147 Å². The maximum absolute atomic E-state index is 11.9. The molecule has 1 amide bonds. The molecule has 0 saturated carbocycles. The van der Waals surface area contributed by atoms with Crippen LogP contribution in [-0.4, -0.2) is 32.3 Å². The fourth-order valence-corrected chi connectivity index (χ4v) is 2.07. The van der Waals surface area contributed by atoms with Gasteiger partial charge in [0.1, 0.15) is 11.8 Å². The van der Waals surface area contributed by atoms with Crippen LogP contribution in [0.4, 0.5) is 5.69 Å². The molecule has 0 spiro atoms. The lowest BCUT2D eigenvalue weighted by Gasteiger charge is -2.12. The van der Waals surface area contributed by atoms with E-state index in [0.717, 1.165) is 11.3 Å². The van der Waals surface area contributed by atoms with E-state index in [-0.39, 0.29) is 6.61 Å². The van der Waals surface area contributed by atoms with Crippen LogP contribution in [0.2, 0.25) is 0 Å². The molecule has 0 radical (unpaired) electrons. The van der Waals surface area contributed by atoms with Crippen LogP contribution in [0.1, 0.15) is 18.1 Å². The van der Waals surface area contributed by atoms with E-state index in [1.54, 1.807) is 24.3 Å². The van der Waals surface area contributed by atoms with Gasteiger partial charge in [0.15, 0.2) is 6.61 Å². The van der Waals surface area contributed by atoms with Crippen molar-refractivity contribution >= 4 is 17.3 Å². The van der Waals surface area contributed by atoms with Crippen LogP contribution in [-0.2, 0) is 4.79 Å². The summed E-state index contributed by atoms with van der Waals surface area (Å²) < 4.78 is 5.36. The predicted octanol–water partition coefficient (Wildman–Crippen LogP) is 2.54. The van der Waals surface area contributed by atoms with Crippen molar-refractivity contribution in [3.63, 3.8) is 0 Å². The van der Waals surface area contributed by atoms with Gasteiger partial charge in [0, 0.05) is 19.8 Å². The molecule has 25 heavy (non-hydrogen) atoms. The highest BCUT2D eigenvalue weighted by molar-refractivity contribution is 5.99. The van der Waals surface area contributed by atoms with Gasteiger partial charge >= 0.3 is 0 Å². The van der Waals surface area contributed by atoms with E-state index in [0.29, 0.717) is 17.0 Å². The quantitative estimate of drug-likeness (QED) is 0.649. The first-order chi connectivity index (χ1) is 12.0. The Morgan fingerprint density at radius 3 is 2.52 bits per heavy atom. The molecule has 0 unspecified atom stereocenters. The number of nitrogens with one attached hydrogen (secondary N) is 1. The Morgan fingerprint density at radius 1 is 1.20 bits per heavy atom.